The lowest BCUT2D eigenvalue weighted by Gasteiger charge is -2.41. The first kappa shape index (κ1) is 28.4. The van der Waals surface area contributed by atoms with Gasteiger partial charge in [0.2, 0.25) is 0 Å². The van der Waals surface area contributed by atoms with Gasteiger partial charge in [-0.2, -0.15) is 18.3 Å². The monoisotopic (exact) mass is 582 g/mol. The van der Waals surface area contributed by atoms with Crippen LogP contribution in [0, 0.1) is 5.82 Å². The Labute approximate surface area is 241 Å². The van der Waals surface area contributed by atoms with Crippen LogP contribution in [0.1, 0.15) is 42.9 Å². The summed E-state index contributed by atoms with van der Waals surface area (Å²) in [5, 5.41) is 8.58. The van der Waals surface area contributed by atoms with Gasteiger partial charge >= 0.3 is 6.18 Å². The average Bonchev–Trinajstić information content (AvgIpc) is 3.38. The van der Waals surface area contributed by atoms with Gasteiger partial charge in [-0.15, -0.1) is 0 Å². The van der Waals surface area contributed by atoms with Crippen molar-refractivity contribution in [3.63, 3.8) is 0 Å². The summed E-state index contributed by atoms with van der Waals surface area (Å²) < 4.78 is 56.4. The molecule has 4 aromatic rings. The Bertz CT molecular complexity index is 1540. The molecule has 2 aromatic heterocycles. The molecule has 0 atom stereocenters. The van der Waals surface area contributed by atoms with Gasteiger partial charge in [-0.25, -0.2) is 19.0 Å². The summed E-state index contributed by atoms with van der Waals surface area (Å²) >= 11 is 0. The quantitative estimate of drug-likeness (QED) is 0.287. The first-order valence-corrected chi connectivity index (χ1v) is 14.3. The number of rotatable bonds is 6. The minimum atomic E-state index is -4.64. The van der Waals surface area contributed by atoms with Crippen molar-refractivity contribution in [2.75, 3.05) is 44.3 Å². The van der Waals surface area contributed by atoms with Gasteiger partial charge in [0.1, 0.15) is 23.7 Å². The van der Waals surface area contributed by atoms with Crippen LogP contribution in [-0.2, 0) is 12.7 Å². The maximum Gasteiger partial charge on any atom is 0.416 e. The molecule has 2 fully saturated rings. The van der Waals surface area contributed by atoms with Gasteiger partial charge in [0, 0.05) is 55.6 Å². The van der Waals surface area contributed by atoms with Crippen LogP contribution in [0.2, 0.25) is 0 Å². The molecular weight excluding hydrogens is 548 g/mol. The minimum absolute atomic E-state index is 0.198. The van der Waals surface area contributed by atoms with Gasteiger partial charge in [0.05, 0.1) is 17.0 Å². The predicted molar refractivity (Wildman–Crippen MR) is 154 cm³/mol. The number of piperazine rings is 1. The molecular formula is C30H34F4N8. The van der Waals surface area contributed by atoms with Crippen LogP contribution in [-0.4, -0.2) is 68.8 Å². The molecule has 2 aliphatic rings. The Morgan fingerprint density at radius 3 is 2.31 bits per heavy atom. The maximum atomic E-state index is 14.3. The number of fused-ring (bicyclic) bond motifs is 1. The Morgan fingerprint density at radius 1 is 0.929 bits per heavy atom. The first-order valence-electron chi connectivity index (χ1n) is 14.3. The topological polar surface area (TPSA) is 88.1 Å². The van der Waals surface area contributed by atoms with Crippen molar-refractivity contribution in [3.05, 3.63) is 65.7 Å². The second-order valence-corrected chi connectivity index (χ2v) is 11.2. The summed E-state index contributed by atoms with van der Waals surface area (Å²) in [7, 11) is 2.17. The highest BCUT2D eigenvalue weighted by Crippen LogP contribution is 2.38. The second kappa shape index (κ2) is 11.5. The molecule has 0 spiro atoms. The molecule has 0 radical (unpaired) electrons. The molecule has 0 amide bonds. The van der Waals surface area contributed by atoms with E-state index in [1.54, 1.807) is 12.1 Å². The van der Waals surface area contributed by atoms with E-state index in [9.17, 15) is 17.6 Å². The van der Waals surface area contributed by atoms with E-state index in [1.165, 1.54) is 6.33 Å². The summed E-state index contributed by atoms with van der Waals surface area (Å²) in [5.74, 6) is -0.562. The number of nitrogens with zero attached hydrogens (tertiary/aromatic N) is 6. The van der Waals surface area contributed by atoms with E-state index in [0.717, 1.165) is 75.6 Å². The zero-order valence-corrected chi connectivity index (χ0v) is 23.4. The van der Waals surface area contributed by atoms with Crippen molar-refractivity contribution in [2.24, 2.45) is 0 Å². The smallest absolute Gasteiger partial charge is 0.383 e. The third-order valence-corrected chi connectivity index (χ3v) is 8.64. The van der Waals surface area contributed by atoms with E-state index in [-0.39, 0.29) is 12.6 Å². The fourth-order valence-electron chi connectivity index (χ4n) is 6.25. The highest BCUT2D eigenvalue weighted by molar-refractivity contribution is 5.98. The van der Waals surface area contributed by atoms with Crippen LogP contribution in [0.15, 0.2) is 48.8 Å². The van der Waals surface area contributed by atoms with Crippen molar-refractivity contribution >= 4 is 22.5 Å². The normalized spacial score (nSPS) is 20.7. The number of hydrogen-bond donors (Lipinski definition) is 2. The standard InChI is InChI=1S/C30H34F4N8/c1-40-13-15-41(16-14-40)21-9-11-22(12-10-21)42-29-26(28(35)37-18-38-29)27(39-42)19-5-7-20(8-6-19)36-17-23-24(30(32,33)34)3-2-4-25(23)31/h2-8,18,21-22,36H,9-17H2,1H3,(H2,35,37,38)/t21-,22+. The van der Waals surface area contributed by atoms with Gasteiger partial charge < -0.3 is 16.0 Å². The summed E-state index contributed by atoms with van der Waals surface area (Å²) in [5.41, 5.74) is 7.58. The highest BCUT2D eigenvalue weighted by atomic mass is 19.4. The molecule has 1 aliphatic carbocycles. The molecule has 3 heterocycles. The maximum absolute atomic E-state index is 14.3. The third kappa shape index (κ3) is 5.65. The molecule has 222 valence electrons. The van der Waals surface area contributed by atoms with Gasteiger partial charge in [-0.3, -0.25) is 4.90 Å². The lowest BCUT2D eigenvalue weighted by Crippen LogP contribution is -2.49. The van der Waals surface area contributed by atoms with Crippen molar-refractivity contribution < 1.29 is 17.6 Å². The Morgan fingerprint density at radius 2 is 1.62 bits per heavy atom. The van der Waals surface area contributed by atoms with E-state index in [0.29, 0.717) is 34.3 Å². The molecule has 42 heavy (non-hydrogen) atoms. The largest absolute Gasteiger partial charge is 0.416 e. The number of nitrogens with two attached hydrogens (primary N) is 1. The van der Waals surface area contributed by atoms with Crippen molar-refractivity contribution in [2.45, 2.75) is 50.5 Å². The highest BCUT2D eigenvalue weighted by Gasteiger charge is 2.34. The van der Waals surface area contributed by atoms with Crippen molar-refractivity contribution in [3.8, 4) is 11.3 Å². The number of likely N-dealkylation sites (N-methyl/N-ethyl adjacent to an activating group) is 1. The summed E-state index contributed by atoms with van der Waals surface area (Å²) in [6.07, 6.45) is 1.01. The van der Waals surface area contributed by atoms with Crippen molar-refractivity contribution in [1.29, 1.82) is 0 Å². The van der Waals surface area contributed by atoms with E-state index in [1.807, 2.05) is 16.8 Å². The Balaban J connectivity index is 1.20. The molecule has 12 heteroatoms. The number of aromatic nitrogens is 4. The van der Waals surface area contributed by atoms with E-state index in [2.05, 4.69) is 32.1 Å². The van der Waals surface area contributed by atoms with Crippen LogP contribution in [0.25, 0.3) is 22.3 Å². The van der Waals surface area contributed by atoms with E-state index >= 15 is 0 Å². The number of benzene rings is 2. The molecule has 1 saturated carbocycles. The fraction of sp³-hybridized carbons (Fsp3) is 0.433. The molecule has 0 bridgehead atoms. The fourth-order valence-corrected chi connectivity index (χ4v) is 6.25. The number of alkyl halides is 3. The average molecular weight is 583 g/mol. The van der Waals surface area contributed by atoms with Gasteiger partial charge in [0.25, 0.3) is 0 Å². The lowest BCUT2D eigenvalue weighted by molar-refractivity contribution is -0.138. The third-order valence-electron chi connectivity index (χ3n) is 8.64. The SMILES string of the molecule is CN1CCN([C@H]2CC[C@@H](n3nc(-c4ccc(NCc5c(F)cccc5C(F)(F)F)cc4)c4c(N)ncnc43)CC2)CC1. The van der Waals surface area contributed by atoms with E-state index in [4.69, 9.17) is 10.8 Å². The lowest BCUT2D eigenvalue weighted by atomic mass is 9.90. The van der Waals surface area contributed by atoms with Crippen LogP contribution in [0.4, 0.5) is 29.1 Å². The number of nitrogen functional groups attached to an aromatic ring is 1. The van der Waals surface area contributed by atoms with Gasteiger partial charge in [-0.05, 0) is 57.0 Å². The predicted octanol–water partition coefficient (Wildman–Crippen LogP) is 5.58. The minimum Gasteiger partial charge on any atom is -0.383 e. The van der Waals surface area contributed by atoms with Crippen molar-refractivity contribution in [1.82, 2.24) is 29.5 Å². The summed E-state index contributed by atoms with van der Waals surface area (Å²) in [6.45, 7) is 4.12. The van der Waals surface area contributed by atoms with Crippen LogP contribution < -0.4 is 11.1 Å². The Hall–Kier alpha value is -3.77. The Kier molecular flexibility index (Phi) is 7.75. The summed E-state index contributed by atoms with van der Waals surface area (Å²) in [6, 6.07) is 10.9. The summed E-state index contributed by atoms with van der Waals surface area (Å²) in [4.78, 5) is 13.8. The van der Waals surface area contributed by atoms with E-state index < -0.39 is 23.1 Å². The number of halogens is 4. The molecule has 8 nitrogen and oxygen atoms in total. The molecule has 1 saturated heterocycles. The number of hydrogen-bond acceptors (Lipinski definition) is 7. The first-order chi connectivity index (χ1) is 20.2. The number of anilines is 2. The van der Waals surface area contributed by atoms with Crippen LogP contribution in [0.3, 0.4) is 0 Å². The van der Waals surface area contributed by atoms with Crippen LogP contribution >= 0.6 is 0 Å². The zero-order chi connectivity index (χ0) is 29.4. The molecule has 6 rings (SSSR count). The zero-order valence-electron chi connectivity index (χ0n) is 23.4. The second-order valence-electron chi connectivity index (χ2n) is 11.2. The molecule has 2 aromatic carbocycles. The molecule has 1 aliphatic heterocycles. The van der Waals surface area contributed by atoms with Gasteiger partial charge in [0.15, 0.2) is 5.65 Å². The molecule has 0 unspecified atom stereocenters. The van der Waals surface area contributed by atoms with Crippen LogP contribution in [0.5, 0.6) is 0 Å². The van der Waals surface area contributed by atoms with Gasteiger partial charge in [-0.1, -0.05) is 18.2 Å². The number of nitrogens with one attached hydrogen (secondary N) is 1. The molecule has 3 N–H and O–H groups in total.